The van der Waals surface area contributed by atoms with Gasteiger partial charge in [0.25, 0.3) is 0 Å². The third kappa shape index (κ3) is 2.66. The highest BCUT2D eigenvalue weighted by atomic mass is 19.1. The van der Waals surface area contributed by atoms with Crippen LogP contribution < -0.4 is 5.73 Å². The lowest BCUT2D eigenvalue weighted by Gasteiger charge is -2.30. The quantitative estimate of drug-likeness (QED) is 0.653. The number of rotatable bonds is 1. The van der Waals surface area contributed by atoms with Gasteiger partial charge < -0.3 is 15.4 Å². The van der Waals surface area contributed by atoms with Gasteiger partial charge in [0.2, 0.25) is 5.82 Å². The van der Waals surface area contributed by atoms with Crippen molar-refractivity contribution in [1.82, 2.24) is 19.5 Å². The number of fused-ring (bicyclic) bond motifs is 1. The SMILES string of the molecule is Cn1c(-c2cc(F)ccc2F)nc2c(N)nc(C#CC3(O)CCC3)nc21. The van der Waals surface area contributed by atoms with Crippen LogP contribution in [0.25, 0.3) is 22.6 Å². The van der Waals surface area contributed by atoms with E-state index in [4.69, 9.17) is 5.73 Å². The maximum atomic E-state index is 14.1. The Balaban J connectivity index is 1.85. The minimum absolute atomic E-state index is 0.00122. The summed E-state index contributed by atoms with van der Waals surface area (Å²) in [7, 11) is 1.62. The van der Waals surface area contributed by atoms with Crippen LogP contribution in [0.1, 0.15) is 25.1 Å². The molecule has 0 amide bonds. The molecule has 0 saturated heterocycles. The second-order valence-electron chi connectivity index (χ2n) is 6.36. The van der Waals surface area contributed by atoms with Crippen molar-refractivity contribution in [1.29, 1.82) is 0 Å². The number of halogens is 2. The molecule has 1 aromatic carbocycles. The van der Waals surface area contributed by atoms with Gasteiger partial charge in [-0.3, -0.25) is 0 Å². The minimum atomic E-state index is -0.991. The number of hydrogen-bond donors (Lipinski definition) is 2. The van der Waals surface area contributed by atoms with E-state index in [1.54, 1.807) is 7.05 Å². The van der Waals surface area contributed by atoms with Crippen LogP contribution in [0.3, 0.4) is 0 Å². The minimum Gasteiger partial charge on any atom is -0.382 e. The Morgan fingerprint density at radius 1 is 1.23 bits per heavy atom. The molecule has 0 bridgehead atoms. The first-order valence-corrected chi connectivity index (χ1v) is 8.07. The molecule has 0 atom stereocenters. The smallest absolute Gasteiger partial charge is 0.209 e. The molecule has 1 aliphatic rings. The first-order chi connectivity index (χ1) is 12.4. The maximum Gasteiger partial charge on any atom is 0.209 e. The topological polar surface area (TPSA) is 89.9 Å². The normalized spacial score (nSPS) is 15.4. The Hall–Kier alpha value is -3.05. The predicted octanol–water partition coefficient (Wildman–Crippen LogP) is 2.16. The second kappa shape index (κ2) is 5.75. The highest BCUT2D eigenvalue weighted by molar-refractivity contribution is 5.85. The van der Waals surface area contributed by atoms with Crippen molar-refractivity contribution in [3.05, 3.63) is 35.7 Å². The van der Waals surface area contributed by atoms with Crippen molar-refractivity contribution in [3.8, 4) is 23.2 Å². The summed E-state index contributed by atoms with van der Waals surface area (Å²) >= 11 is 0. The number of imidazole rings is 1. The summed E-state index contributed by atoms with van der Waals surface area (Å²) in [6, 6.07) is 3.14. The Bertz CT molecular complexity index is 1090. The lowest BCUT2D eigenvalue weighted by molar-refractivity contribution is 0.0239. The largest absolute Gasteiger partial charge is 0.382 e. The molecule has 0 aliphatic heterocycles. The molecule has 3 aromatic rings. The summed E-state index contributed by atoms with van der Waals surface area (Å²) in [5.74, 6) is 4.73. The van der Waals surface area contributed by atoms with Crippen molar-refractivity contribution in [2.24, 2.45) is 7.05 Å². The van der Waals surface area contributed by atoms with Gasteiger partial charge in [-0.15, -0.1) is 0 Å². The molecule has 26 heavy (non-hydrogen) atoms. The van der Waals surface area contributed by atoms with Gasteiger partial charge in [-0.05, 0) is 43.4 Å². The number of nitrogens with two attached hydrogens (primary N) is 1. The van der Waals surface area contributed by atoms with Gasteiger partial charge in [0.05, 0.1) is 5.56 Å². The van der Waals surface area contributed by atoms with E-state index in [1.165, 1.54) is 4.57 Å². The molecule has 6 nitrogen and oxygen atoms in total. The van der Waals surface area contributed by atoms with Crippen molar-refractivity contribution in [3.63, 3.8) is 0 Å². The van der Waals surface area contributed by atoms with Gasteiger partial charge in [-0.2, -0.15) is 0 Å². The van der Waals surface area contributed by atoms with E-state index < -0.39 is 17.2 Å². The molecular weight excluding hydrogens is 340 g/mol. The maximum absolute atomic E-state index is 14.1. The number of nitrogens with zero attached hydrogens (tertiary/aromatic N) is 4. The van der Waals surface area contributed by atoms with E-state index in [0.717, 1.165) is 24.6 Å². The summed E-state index contributed by atoms with van der Waals surface area (Å²) in [6.45, 7) is 0. The van der Waals surface area contributed by atoms with Crippen LogP contribution in [0.2, 0.25) is 0 Å². The lowest BCUT2D eigenvalue weighted by Crippen LogP contribution is -2.34. The van der Waals surface area contributed by atoms with Crippen LogP contribution in [-0.2, 0) is 7.05 Å². The van der Waals surface area contributed by atoms with Gasteiger partial charge in [0.15, 0.2) is 17.0 Å². The first kappa shape index (κ1) is 16.4. The molecule has 0 spiro atoms. The Morgan fingerprint density at radius 2 is 2.00 bits per heavy atom. The van der Waals surface area contributed by atoms with Gasteiger partial charge in [0, 0.05) is 7.05 Å². The Labute approximate surface area is 147 Å². The fourth-order valence-electron chi connectivity index (χ4n) is 2.86. The standard InChI is InChI=1S/C18H15F2N5O/c1-25-16(11-9-10(19)3-4-12(11)20)24-14-15(21)22-13(23-17(14)25)5-8-18(26)6-2-7-18/h3-4,9,26H,2,6-7H2,1H3,(H2,21,22,23). The molecule has 1 aliphatic carbocycles. The summed E-state index contributed by atoms with van der Waals surface area (Å²) in [4.78, 5) is 12.7. The number of hydrogen-bond acceptors (Lipinski definition) is 5. The zero-order chi connectivity index (χ0) is 18.5. The molecular formula is C18H15F2N5O. The Kier molecular flexibility index (Phi) is 3.63. The fourth-order valence-corrected chi connectivity index (χ4v) is 2.86. The average molecular weight is 355 g/mol. The second-order valence-corrected chi connectivity index (χ2v) is 6.36. The molecule has 1 saturated carbocycles. The molecule has 0 radical (unpaired) electrons. The zero-order valence-corrected chi connectivity index (χ0v) is 13.9. The van der Waals surface area contributed by atoms with Gasteiger partial charge in [-0.1, -0.05) is 5.92 Å². The third-order valence-electron chi connectivity index (χ3n) is 4.50. The molecule has 1 fully saturated rings. The number of nitrogen functional groups attached to an aromatic ring is 1. The van der Waals surface area contributed by atoms with Crippen LogP contribution >= 0.6 is 0 Å². The number of aliphatic hydroxyl groups is 1. The predicted molar refractivity (Wildman–Crippen MR) is 91.7 cm³/mol. The van der Waals surface area contributed by atoms with Crippen LogP contribution in [0.5, 0.6) is 0 Å². The zero-order valence-electron chi connectivity index (χ0n) is 13.9. The van der Waals surface area contributed by atoms with Crippen molar-refractivity contribution < 1.29 is 13.9 Å². The first-order valence-electron chi connectivity index (χ1n) is 8.07. The van der Waals surface area contributed by atoms with E-state index >= 15 is 0 Å². The van der Waals surface area contributed by atoms with Crippen LogP contribution in [-0.4, -0.2) is 30.2 Å². The highest BCUT2D eigenvalue weighted by Gasteiger charge is 2.32. The lowest BCUT2D eigenvalue weighted by atomic mass is 9.81. The molecule has 3 N–H and O–H groups in total. The van der Waals surface area contributed by atoms with Crippen molar-refractivity contribution >= 4 is 17.0 Å². The third-order valence-corrected chi connectivity index (χ3v) is 4.50. The van der Waals surface area contributed by atoms with E-state index in [1.807, 2.05) is 0 Å². The van der Waals surface area contributed by atoms with E-state index in [0.29, 0.717) is 18.5 Å². The number of aromatic nitrogens is 4. The Morgan fingerprint density at radius 3 is 2.69 bits per heavy atom. The molecule has 2 heterocycles. The van der Waals surface area contributed by atoms with E-state index in [9.17, 15) is 13.9 Å². The van der Waals surface area contributed by atoms with Crippen molar-refractivity contribution in [2.75, 3.05) is 5.73 Å². The molecule has 4 rings (SSSR count). The average Bonchev–Trinajstić information content (AvgIpc) is 2.91. The van der Waals surface area contributed by atoms with Gasteiger partial charge in [-0.25, -0.2) is 23.7 Å². The van der Waals surface area contributed by atoms with Crippen LogP contribution in [0.4, 0.5) is 14.6 Å². The molecule has 2 aromatic heterocycles. The highest BCUT2D eigenvalue weighted by Crippen LogP contribution is 2.31. The number of benzene rings is 1. The van der Waals surface area contributed by atoms with Crippen LogP contribution in [0.15, 0.2) is 18.2 Å². The van der Waals surface area contributed by atoms with Crippen LogP contribution in [0, 0.1) is 23.5 Å². The summed E-state index contributed by atoms with van der Waals surface area (Å²) in [5.41, 5.74) is 5.58. The summed E-state index contributed by atoms with van der Waals surface area (Å²) < 4.78 is 29.1. The van der Waals surface area contributed by atoms with Crippen molar-refractivity contribution in [2.45, 2.75) is 24.9 Å². The number of anilines is 1. The molecule has 8 heteroatoms. The number of aryl methyl sites for hydroxylation is 1. The monoisotopic (exact) mass is 355 g/mol. The molecule has 132 valence electrons. The fraction of sp³-hybridized carbons (Fsp3) is 0.278. The van der Waals surface area contributed by atoms with Gasteiger partial charge >= 0.3 is 0 Å². The summed E-state index contributed by atoms with van der Waals surface area (Å²) in [5, 5.41) is 10.1. The summed E-state index contributed by atoms with van der Waals surface area (Å²) in [6.07, 6.45) is 2.16. The molecule has 0 unspecified atom stereocenters. The van der Waals surface area contributed by atoms with Gasteiger partial charge in [0.1, 0.15) is 23.1 Å². The van der Waals surface area contributed by atoms with E-state index in [2.05, 4.69) is 26.8 Å². The van der Waals surface area contributed by atoms with E-state index in [-0.39, 0.29) is 28.5 Å².